The lowest BCUT2D eigenvalue weighted by Gasteiger charge is -2.08. The van der Waals surface area contributed by atoms with Crippen LogP contribution in [0.1, 0.15) is 0 Å². The summed E-state index contributed by atoms with van der Waals surface area (Å²) in [7, 11) is 0. The van der Waals surface area contributed by atoms with Crippen LogP contribution in [-0.2, 0) is 0 Å². The molecule has 2 rings (SSSR count). The van der Waals surface area contributed by atoms with Crippen LogP contribution in [0.4, 0.5) is 17.2 Å². The van der Waals surface area contributed by atoms with Crippen LogP contribution in [0.3, 0.4) is 0 Å². The maximum Gasteiger partial charge on any atom is 0.312 e. The van der Waals surface area contributed by atoms with Gasteiger partial charge in [-0.2, -0.15) is 0 Å². The van der Waals surface area contributed by atoms with Crippen LogP contribution >= 0.6 is 43.5 Å². The van der Waals surface area contributed by atoms with Crippen LogP contribution in [0.25, 0.3) is 0 Å². The second-order valence-corrected chi connectivity index (χ2v) is 5.77. The molecule has 1 heterocycles. The first-order valence-corrected chi connectivity index (χ1v) is 6.96. The van der Waals surface area contributed by atoms with Crippen molar-refractivity contribution in [1.29, 1.82) is 0 Å². The van der Waals surface area contributed by atoms with E-state index in [9.17, 15) is 10.1 Å². The molecule has 2 aromatic rings. The van der Waals surface area contributed by atoms with Crippen molar-refractivity contribution in [3.8, 4) is 0 Å². The second kappa shape index (κ2) is 5.85. The van der Waals surface area contributed by atoms with E-state index in [2.05, 4.69) is 42.2 Å². The van der Waals surface area contributed by atoms with Gasteiger partial charge in [-0.15, -0.1) is 0 Å². The second-order valence-electron chi connectivity index (χ2n) is 3.53. The van der Waals surface area contributed by atoms with Crippen molar-refractivity contribution in [3.05, 3.63) is 54.5 Å². The molecule has 0 aliphatic carbocycles. The van der Waals surface area contributed by atoms with Gasteiger partial charge >= 0.3 is 5.69 Å². The number of halogens is 3. The summed E-state index contributed by atoms with van der Waals surface area (Å²) in [5, 5.41) is 14.3. The summed E-state index contributed by atoms with van der Waals surface area (Å²) in [6, 6.07) is 6.55. The predicted octanol–water partition coefficient (Wildman–Crippen LogP) is 4.91. The van der Waals surface area contributed by atoms with Crippen molar-refractivity contribution >= 4 is 60.7 Å². The largest absolute Gasteiger partial charge is 0.333 e. The summed E-state index contributed by atoms with van der Waals surface area (Å²) in [6.45, 7) is 0. The minimum absolute atomic E-state index is 0.131. The number of rotatable bonds is 3. The molecule has 0 aliphatic rings. The van der Waals surface area contributed by atoms with E-state index >= 15 is 0 Å². The molecule has 5 nitrogen and oxygen atoms in total. The Hall–Kier alpha value is -1.18. The zero-order chi connectivity index (χ0) is 14.0. The van der Waals surface area contributed by atoms with E-state index in [0.29, 0.717) is 15.2 Å². The lowest BCUT2D eigenvalue weighted by Crippen LogP contribution is -2.00. The highest BCUT2D eigenvalue weighted by molar-refractivity contribution is 9.10. The first kappa shape index (κ1) is 14.2. The first-order valence-electron chi connectivity index (χ1n) is 4.99. The third-order valence-electron chi connectivity index (χ3n) is 2.22. The highest BCUT2D eigenvalue weighted by Gasteiger charge is 2.16. The monoisotopic (exact) mass is 405 g/mol. The molecular formula is C11H6Br2ClN3O2. The fourth-order valence-corrected chi connectivity index (χ4v) is 2.42. The number of nitrogens with zero attached hydrogens (tertiary/aromatic N) is 2. The maximum absolute atomic E-state index is 11.0. The number of benzene rings is 1. The molecule has 1 aromatic heterocycles. The van der Waals surface area contributed by atoms with Gasteiger partial charge in [-0.1, -0.05) is 27.5 Å². The zero-order valence-corrected chi connectivity index (χ0v) is 13.2. The molecule has 0 atom stereocenters. The first-order chi connectivity index (χ1) is 8.97. The van der Waals surface area contributed by atoms with E-state index in [4.69, 9.17) is 11.6 Å². The van der Waals surface area contributed by atoms with Gasteiger partial charge in [-0.25, -0.2) is 4.98 Å². The van der Waals surface area contributed by atoms with E-state index in [1.165, 1.54) is 12.3 Å². The molecule has 0 saturated heterocycles. The van der Waals surface area contributed by atoms with Gasteiger partial charge in [0.25, 0.3) is 0 Å². The van der Waals surface area contributed by atoms with Crippen molar-refractivity contribution in [3.63, 3.8) is 0 Å². The number of pyridine rings is 1. The van der Waals surface area contributed by atoms with Gasteiger partial charge in [0, 0.05) is 21.2 Å². The highest BCUT2D eigenvalue weighted by atomic mass is 79.9. The molecule has 1 N–H and O–H groups in total. The summed E-state index contributed by atoms with van der Waals surface area (Å²) in [5.74, 6) is 0.137. The third-order valence-corrected chi connectivity index (χ3v) is 3.45. The Bertz CT molecular complexity index is 652. The van der Waals surface area contributed by atoms with Gasteiger partial charge in [-0.3, -0.25) is 10.1 Å². The molecule has 19 heavy (non-hydrogen) atoms. The van der Waals surface area contributed by atoms with Gasteiger partial charge in [0.15, 0.2) is 0 Å². The molecule has 98 valence electrons. The number of hydrogen-bond donors (Lipinski definition) is 1. The number of anilines is 2. The van der Waals surface area contributed by atoms with E-state index in [-0.39, 0.29) is 11.5 Å². The van der Waals surface area contributed by atoms with Crippen molar-refractivity contribution in [2.75, 3.05) is 5.32 Å². The molecule has 0 bridgehead atoms. The average Bonchev–Trinajstić information content (AvgIpc) is 2.34. The molecule has 0 aliphatic heterocycles. The van der Waals surface area contributed by atoms with E-state index in [0.717, 1.165) is 4.47 Å². The smallest absolute Gasteiger partial charge is 0.312 e. The number of hydrogen-bond acceptors (Lipinski definition) is 4. The Balaban J connectivity index is 2.40. The van der Waals surface area contributed by atoms with Crippen LogP contribution in [0.15, 0.2) is 39.4 Å². The number of aromatic nitrogens is 1. The topological polar surface area (TPSA) is 68.1 Å². The molecule has 8 heteroatoms. The lowest BCUT2D eigenvalue weighted by atomic mass is 10.3. The molecule has 0 amide bonds. The number of nitrogens with one attached hydrogen (secondary N) is 1. The zero-order valence-electron chi connectivity index (χ0n) is 9.23. The van der Waals surface area contributed by atoms with Crippen molar-refractivity contribution < 1.29 is 4.92 Å². The van der Waals surface area contributed by atoms with Crippen LogP contribution < -0.4 is 5.32 Å². The molecular weight excluding hydrogens is 401 g/mol. The van der Waals surface area contributed by atoms with Crippen molar-refractivity contribution in [2.24, 2.45) is 0 Å². The highest BCUT2D eigenvalue weighted by Crippen LogP contribution is 2.32. The summed E-state index contributed by atoms with van der Waals surface area (Å²) in [5.41, 5.74) is 0.413. The average molecular weight is 407 g/mol. The minimum atomic E-state index is -0.507. The Morgan fingerprint density at radius 3 is 2.63 bits per heavy atom. The lowest BCUT2D eigenvalue weighted by molar-refractivity contribution is -0.384. The van der Waals surface area contributed by atoms with Crippen LogP contribution in [0.5, 0.6) is 0 Å². The predicted molar refractivity (Wildman–Crippen MR) is 81.0 cm³/mol. The Labute approximate surface area is 130 Å². The van der Waals surface area contributed by atoms with Gasteiger partial charge in [0.05, 0.1) is 15.6 Å². The van der Waals surface area contributed by atoms with E-state index < -0.39 is 4.92 Å². The fraction of sp³-hybridized carbons (Fsp3) is 0. The summed E-state index contributed by atoms with van der Waals surface area (Å²) in [4.78, 5) is 14.4. The standard InChI is InChI=1S/C11H6Br2ClN3O2/c12-6-1-2-9(8(14)3-6)16-11-10(17(18)19)4-7(13)5-15-11/h1-5H,(H,15,16). The fourth-order valence-electron chi connectivity index (χ4n) is 1.38. The van der Waals surface area contributed by atoms with Crippen molar-refractivity contribution in [2.45, 2.75) is 0 Å². The van der Waals surface area contributed by atoms with Gasteiger partial charge in [0.1, 0.15) is 0 Å². The SMILES string of the molecule is O=[N+]([O-])c1cc(Br)cnc1Nc1ccc(Br)cc1Cl. The van der Waals surface area contributed by atoms with Gasteiger partial charge < -0.3 is 5.32 Å². The number of nitro groups is 1. The molecule has 0 fully saturated rings. The summed E-state index contributed by atoms with van der Waals surface area (Å²) in [6.07, 6.45) is 1.47. The van der Waals surface area contributed by atoms with Crippen LogP contribution in [0, 0.1) is 10.1 Å². The molecule has 1 aromatic carbocycles. The Morgan fingerprint density at radius 1 is 1.26 bits per heavy atom. The molecule has 0 saturated carbocycles. The van der Waals surface area contributed by atoms with Gasteiger partial charge in [-0.05, 0) is 34.1 Å². The quantitative estimate of drug-likeness (QED) is 0.580. The molecule has 0 spiro atoms. The Kier molecular flexibility index (Phi) is 4.38. The van der Waals surface area contributed by atoms with Crippen molar-refractivity contribution in [1.82, 2.24) is 4.98 Å². The van der Waals surface area contributed by atoms with Crippen LogP contribution in [0.2, 0.25) is 5.02 Å². The summed E-state index contributed by atoms with van der Waals surface area (Å²) < 4.78 is 1.35. The maximum atomic E-state index is 11.0. The summed E-state index contributed by atoms with van der Waals surface area (Å²) >= 11 is 12.5. The van der Waals surface area contributed by atoms with E-state index in [1.54, 1.807) is 18.2 Å². The normalized spacial score (nSPS) is 10.3. The Morgan fingerprint density at radius 2 is 2.00 bits per heavy atom. The molecule has 0 radical (unpaired) electrons. The van der Waals surface area contributed by atoms with E-state index in [1.807, 2.05) is 0 Å². The van der Waals surface area contributed by atoms with Crippen LogP contribution in [-0.4, -0.2) is 9.91 Å². The third kappa shape index (κ3) is 3.43. The van der Waals surface area contributed by atoms with Gasteiger partial charge in [0.2, 0.25) is 5.82 Å². The minimum Gasteiger partial charge on any atom is -0.333 e. The molecule has 0 unspecified atom stereocenters.